The third kappa shape index (κ3) is 2.86. The van der Waals surface area contributed by atoms with E-state index in [1.165, 1.54) is 19.3 Å². The lowest BCUT2D eigenvalue weighted by molar-refractivity contribution is -0.130. The Morgan fingerprint density at radius 2 is 1.94 bits per heavy atom. The highest BCUT2D eigenvalue weighted by Gasteiger charge is 2.36. The third-order valence-corrected chi connectivity index (χ3v) is 3.77. The van der Waals surface area contributed by atoms with E-state index in [1.54, 1.807) is 6.92 Å². The Morgan fingerprint density at radius 1 is 1.31 bits per heavy atom. The Balaban J connectivity index is 2.72. The summed E-state index contributed by atoms with van der Waals surface area (Å²) in [7, 11) is 0. The summed E-state index contributed by atoms with van der Waals surface area (Å²) in [4.78, 5) is 14.6. The smallest absolute Gasteiger partial charge is 0.164 e. The van der Waals surface area contributed by atoms with Crippen molar-refractivity contribution in [1.29, 1.82) is 0 Å². The molecule has 0 N–H and O–H groups in total. The number of carbonyl (C=O) groups is 1. The molecule has 0 aromatic heterocycles. The number of nitrogens with zero attached hydrogens (tertiary/aromatic N) is 1. The van der Waals surface area contributed by atoms with Gasteiger partial charge in [0.1, 0.15) is 0 Å². The predicted molar refractivity (Wildman–Crippen MR) is 67.2 cm³/mol. The molecule has 0 bridgehead atoms. The van der Waals surface area contributed by atoms with Crippen LogP contribution in [0.5, 0.6) is 0 Å². The third-order valence-electron chi connectivity index (χ3n) is 3.77. The fraction of sp³-hybridized carbons (Fsp3) is 0.786. The molecule has 0 amide bonds. The van der Waals surface area contributed by atoms with Crippen molar-refractivity contribution in [3.05, 3.63) is 0 Å². The fourth-order valence-corrected chi connectivity index (χ4v) is 2.34. The van der Waals surface area contributed by atoms with Crippen LogP contribution in [-0.4, -0.2) is 29.3 Å². The van der Waals surface area contributed by atoms with Crippen molar-refractivity contribution in [3.63, 3.8) is 0 Å². The maximum absolute atomic E-state index is 12.2. The van der Waals surface area contributed by atoms with E-state index in [9.17, 15) is 4.79 Å². The summed E-state index contributed by atoms with van der Waals surface area (Å²) in [6.45, 7) is 8.10. The molecule has 1 rings (SSSR count). The molecule has 0 aromatic carbocycles. The SMILES string of the molecule is CC#CCC(=O)C(C)(CC)N1CCCCC1. The van der Waals surface area contributed by atoms with Gasteiger partial charge in [-0.15, -0.1) is 5.92 Å². The van der Waals surface area contributed by atoms with Gasteiger partial charge in [0, 0.05) is 0 Å². The first-order valence-corrected chi connectivity index (χ1v) is 6.33. The van der Waals surface area contributed by atoms with Gasteiger partial charge in [0.2, 0.25) is 0 Å². The molecule has 1 saturated heterocycles. The molecular formula is C14H23NO. The first-order valence-electron chi connectivity index (χ1n) is 6.33. The Hall–Kier alpha value is -0.810. The van der Waals surface area contributed by atoms with Crippen LogP contribution in [-0.2, 0) is 4.79 Å². The topological polar surface area (TPSA) is 20.3 Å². The minimum atomic E-state index is -0.287. The van der Waals surface area contributed by atoms with Crippen LogP contribution in [0.25, 0.3) is 0 Å². The van der Waals surface area contributed by atoms with Gasteiger partial charge in [0.15, 0.2) is 5.78 Å². The van der Waals surface area contributed by atoms with Crippen LogP contribution in [0.4, 0.5) is 0 Å². The summed E-state index contributed by atoms with van der Waals surface area (Å²) in [6.07, 6.45) is 5.04. The van der Waals surface area contributed by atoms with E-state index in [1.807, 2.05) is 0 Å². The second-order valence-corrected chi connectivity index (χ2v) is 4.70. The van der Waals surface area contributed by atoms with Crippen molar-refractivity contribution in [2.45, 2.75) is 58.4 Å². The molecule has 0 spiro atoms. The van der Waals surface area contributed by atoms with Crippen LogP contribution in [0.3, 0.4) is 0 Å². The van der Waals surface area contributed by atoms with E-state index in [4.69, 9.17) is 0 Å². The molecule has 0 aromatic rings. The molecule has 1 aliphatic heterocycles. The largest absolute Gasteiger partial charge is 0.297 e. The van der Waals surface area contributed by atoms with Crippen LogP contribution in [0.15, 0.2) is 0 Å². The molecule has 1 atom stereocenters. The van der Waals surface area contributed by atoms with E-state index < -0.39 is 0 Å². The molecule has 1 unspecified atom stereocenters. The molecule has 1 fully saturated rings. The zero-order valence-electron chi connectivity index (χ0n) is 10.8. The molecule has 90 valence electrons. The molecule has 2 heteroatoms. The van der Waals surface area contributed by atoms with Crippen molar-refractivity contribution in [2.24, 2.45) is 0 Å². The Bertz CT molecular complexity index is 294. The van der Waals surface area contributed by atoms with Crippen molar-refractivity contribution in [1.82, 2.24) is 4.90 Å². The van der Waals surface area contributed by atoms with Crippen LogP contribution in [0.2, 0.25) is 0 Å². The molecule has 0 saturated carbocycles. The Morgan fingerprint density at radius 3 is 2.44 bits per heavy atom. The Kier molecular flexibility index (Phi) is 5.02. The van der Waals surface area contributed by atoms with Gasteiger partial charge in [-0.1, -0.05) is 19.3 Å². The molecule has 0 radical (unpaired) electrons. The zero-order valence-corrected chi connectivity index (χ0v) is 10.8. The van der Waals surface area contributed by atoms with E-state index in [0.717, 1.165) is 19.5 Å². The van der Waals surface area contributed by atoms with Crippen LogP contribution < -0.4 is 0 Å². The highest BCUT2D eigenvalue weighted by Crippen LogP contribution is 2.25. The molecular weight excluding hydrogens is 198 g/mol. The van der Waals surface area contributed by atoms with Gasteiger partial charge in [0.05, 0.1) is 12.0 Å². The molecule has 1 heterocycles. The van der Waals surface area contributed by atoms with Crippen LogP contribution in [0.1, 0.15) is 52.9 Å². The van der Waals surface area contributed by atoms with E-state index in [-0.39, 0.29) is 11.3 Å². The van der Waals surface area contributed by atoms with Gasteiger partial charge in [-0.3, -0.25) is 9.69 Å². The second-order valence-electron chi connectivity index (χ2n) is 4.70. The number of carbonyl (C=O) groups excluding carboxylic acids is 1. The second kappa shape index (κ2) is 6.06. The first-order chi connectivity index (χ1) is 7.65. The number of hydrogen-bond donors (Lipinski definition) is 0. The minimum Gasteiger partial charge on any atom is -0.297 e. The van der Waals surface area contributed by atoms with Crippen LogP contribution >= 0.6 is 0 Å². The predicted octanol–water partition coefficient (Wildman–Crippen LogP) is 2.62. The summed E-state index contributed by atoms with van der Waals surface area (Å²) < 4.78 is 0. The van der Waals surface area contributed by atoms with Gasteiger partial charge >= 0.3 is 0 Å². The van der Waals surface area contributed by atoms with Crippen molar-refractivity contribution in [3.8, 4) is 11.8 Å². The number of ketones is 1. The first kappa shape index (κ1) is 13.3. The summed E-state index contributed by atoms with van der Waals surface area (Å²) in [5.41, 5.74) is -0.287. The monoisotopic (exact) mass is 221 g/mol. The molecule has 2 nitrogen and oxygen atoms in total. The lowest BCUT2D eigenvalue weighted by Crippen LogP contribution is -2.53. The lowest BCUT2D eigenvalue weighted by Gasteiger charge is -2.41. The minimum absolute atomic E-state index is 0.284. The molecule has 16 heavy (non-hydrogen) atoms. The molecule has 1 aliphatic rings. The fourth-order valence-electron chi connectivity index (χ4n) is 2.34. The average molecular weight is 221 g/mol. The Labute approximate surface area is 99.4 Å². The number of piperidine rings is 1. The lowest BCUT2D eigenvalue weighted by atomic mass is 9.87. The van der Waals surface area contributed by atoms with E-state index in [2.05, 4.69) is 30.6 Å². The van der Waals surface area contributed by atoms with Crippen molar-refractivity contribution < 1.29 is 4.79 Å². The number of likely N-dealkylation sites (tertiary alicyclic amines) is 1. The van der Waals surface area contributed by atoms with Gasteiger partial charge in [0.25, 0.3) is 0 Å². The van der Waals surface area contributed by atoms with Gasteiger partial charge in [-0.2, -0.15) is 0 Å². The highest BCUT2D eigenvalue weighted by molar-refractivity contribution is 5.89. The average Bonchev–Trinajstić information content (AvgIpc) is 2.35. The number of rotatable bonds is 4. The van der Waals surface area contributed by atoms with Crippen LogP contribution in [0, 0.1) is 11.8 Å². The summed E-state index contributed by atoms with van der Waals surface area (Å²) in [5, 5.41) is 0. The summed E-state index contributed by atoms with van der Waals surface area (Å²) in [6, 6.07) is 0. The molecule has 0 aliphatic carbocycles. The van der Waals surface area contributed by atoms with Gasteiger partial charge in [-0.25, -0.2) is 0 Å². The maximum Gasteiger partial charge on any atom is 0.164 e. The van der Waals surface area contributed by atoms with Gasteiger partial charge < -0.3 is 0 Å². The summed E-state index contributed by atoms with van der Waals surface area (Å²) in [5.74, 6) is 5.99. The highest BCUT2D eigenvalue weighted by atomic mass is 16.1. The maximum atomic E-state index is 12.2. The van der Waals surface area contributed by atoms with Gasteiger partial charge in [-0.05, 0) is 46.2 Å². The summed E-state index contributed by atoms with van der Waals surface area (Å²) >= 11 is 0. The quantitative estimate of drug-likeness (QED) is 0.680. The van der Waals surface area contributed by atoms with Crippen molar-refractivity contribution >= 4 is 5.78 Å². The zero-order chi connectivity index (χ0) is 12.0. The standard InChI is InChI=1S/C14H23NO/c1-4-6-10-13(16)14(3,5-2)15-11-8-7-9-12-15/h5,7-12H2,1-3H3. The normalized spacial score (nSPS) is 20.7. The number of hydrogen-bond acceptors (Lipinski definition) is 2. The van der Waals surface area contributed by atoms with E-state index in [0.29, 0.717) is 6.42 Å². The van der Waals surface area contributed by atoms with Crippen molar-refractivity contribution in [2.75, 3.05) is 13.1 Å². The number of Topliss-reactive ketones (excluding diaryl/α,β-unsaturated/α-hetero) is 1. The van der Waals surface area contributed by atoms with E-state index >= 15 is 0 Å².